The Hall–Kier alpha value is -1.22. The summed E-state index contributed by atoms with van der Waals surface area (Å²) in [6.07, 6.45) is 0. The first kappa shape index (κ1) is 9.86. The fraction of sp³-hybridized carbons (Fsp3) is 0.400. The number of phenolic OH excluding ortho intramolecular Hbond substituents is 1. The lowest BCUT2D eigenvalue weighted by Crippen LogP contribution is -2.04. The molecule has 0 spiro atoms. The lowest BCUT2D eigenvalue weighted by molar-refractivity contribution is 0.146. The van der Waals surface area contributed by atoms with E-state index in [0.29, 0.717) is 19.0 Å². The van der Waals surface area contributed by atoms with Gasteiger partial charge in [0.25, 0.3) is 0 Å². The van der Waals surface area contributed by atoms with Gasteiger partial charge in [0.15, 0.2) is 0 Å². The van der Waals surface area contributed by atoms with Crippen molar-refractivity contribution in [2.75, 3.05) is 20.3 Å². The van der Waals surface area contributed by atoms with E-state index in [0.717, 1.165) is 11.3 Å². The Labute approximate surface area is 77.9 Å². The van der Waals surface area contributed by atoms with Crippen molar-refractivity contribution in [1.82, 2.24) is 0 Å². The fourth-order valence-corrected chi connectivity index (χ4v) is 0.961. The number of phenols is 1. The second kappa shape index (κ2) is 4.72. The number of hydrogen-bond donors (Lipinski definition) is 1. The Morgan fingerprint density at radius 3 is 2.69 bits per heavy atom. The van der Waals surface area contributed by atoms with Gasteiger partial charge in [0.1, 0.15) is 18.1 Å². The Balaban J connectivity index is 2.53. The van der Waals surface area contributed by atoms with Crippen LogP contribution in [0, 0.1) is 6.92 Å². The minimum absolute atomic E-state index is 0.291. The van der Waals surface area contributed by atoms with E-state index in [2.05, 4.69) is 0 Å². The minimum Gasteiger partial charge on any atom is -0.508 e. The molecule has 0 saturated heterocycles. The first-order valence-electron chi connectivity index (χ1n) is 4.15. The smallest absolute Gasteiger partial charge is 0.119 e. The maximum absolute atomic E-state index is 9.24. The van der Waals surface area contributed by atoms with Crippen LogP contribution in [0.4, 0.5) is 0 Å². The van der Waals surface area contributed by atoms with E-state index in [9.17, 15) is 5.11 Å². The van der Waals surface area contributed by atoms with Crippen molar-refractivity contribution >= 4 is 0 Å². The molecule has 0 radical (unpaired) electrons. The van der Waals surface area contributed by atoms with Crippen LogP contribution < -0.4 is 4.74 Å². The van der Waals surface area contributed by atoms with Crippen molar-refractivity contribution in [1.29, 1.82) is 0 Å². The summed E-state index contributed by atoms with van der Waals surface area (Å²) in [6, 6.07) is 5.15. The topological polar surface area (TPSA) is 38.7 Å². The third-order valence-corrected chi connectivity index (χ3v) is 1.72. The van der Waals surface area contributed by atoms with E-state index in [1.807, 2.05) is 6.92 Å². The number of aryl methyl sites for hydroxylation is 1. The highest BCUT2D eigenvalue weighted by Crippen LogP contribution is 2.21. The number of methoxy groups -OCH3 is 1. The zero-order valence-corrected chi connectivity index (χ0v) is 7.91. The molecule has 0 unspecified atom stereocenters. The molecule has 72 valence electrons. The lowest BCUT2D eigenvalue weighted by atomic mass is 10.2. The van der Waals surface area contributed by atoms with Gasteiger partial charge in [-0.15, -0.1) is 0 Å². The summed E-state index contributed by atoms with van der Waals surface area (Å²) in [5.41, 5.74) is 0.815. The molecule has 0 aliphatic heterocycles. The maximum atomic E-state index is 9.24. The fourth-order valence-electron chi connectivity index (χ4n) is 0.961. The summed E-state index contributed by atoms with van der Waals surface area (Å²) < 4.78 is 10.2. The molecule has 0 aliphatic rings. The minimum atomic E-state index is 0.291. The molecule has 0 aromatic heterocycles. The summed E-state index contributed by atoms with van der Waals surface area (Å²) >= 11 is 0. The van der Waals surface area contributed by atoms with Gasteiger partial charge in [0.05, 0.1) is 6.61 Å². The molecule has 0 atom stereocenters. The van der Waals surface area contributed by atoms with Crippen molar-refractivity contribution in [2.45, 2.75) is 6.92 Å². The number of aromatic hydroxyl groups is 1. The molecule has 1 aromatic rings. The van der Waals surface area contributed by atoms with Crippen LogP contribution in [0.1, 0.15) is 5.56 Å². The number of benzene rings is 1. The molecule has 0 saturated carbocycles. The van der Waals surface area contributed by atoms with Crippen molar-refractivity contribution < 1.29 is 14.6 Å². The van der Waals surface area contributed by atoms with E-state index in [-0.39, 0.29) is 0 Å². The standard InChI is InChI=1S/C10H14O3/c1-8-7-9(3-4-10(8)11)13-6-5-12-2/h3-4,7,11H,5-6H2,1-2H3. The van der Waals surface area contributed by atoms with Crippen LogP contribution in [0.5, 0.6) is 11.5 Å². The highest BCUT2D eigenvalue weighted by molar-refractivity contribution is 5.38. The zero-order chi connectivity index (χ0) is 9.68. The average molecular weight is 182 g/mol. The lowest BCUT2D eigenvalue weighted by Gasteiger charge is -2.06. The van der Waals surface area contributed by atoms with Crippen LogP contribution in [0.2, 0.25) is 0 Å². The SMILES string of the molecule is COCCOc1ccc(O)c(C)c1. The second-order valence-electron chi connectivity index (χ2n) is 2.79. The molecule has 0 aliphatic carbocycles. The molecular weight excluding hydrogens is 168 g/mol. The largest absolute Gasteiger partial charge is 0.508 e. The molecule has 1 aromatic carbocycles. The van der Waals surface area contributed by atoms with E-state index in [1.165, 1.54) is 0 Å². The molecule has 13 heavy (non-hydrogen) atoms. The number of ether oxygens (including phenoxy) is 2. The second-order valence-corrected chi connectivity index (χ2v) is 2.79. The normalized spacial score (nSPS) is 10.0. The van der Waals surface area contributed by atoms with Crippen LogP contribution in [0.15, 0.2) is 18.2 Å². The van der Waals surface area contributed by atoms with Gasteiger partial charge in [0.2, 0.25) is 0 Å². The quantitative estimate of drug-likeness (QED) is 0.720. The molecule has 1 N–H and O–H groups in total. The van der Waals surface area contributed by atoms with Gasteiger partial charge in [-0.2, -0.15) is 0 Å². The molecule has 0 heterocycles. The van der Waals surface area contributed by atoms with Gasteiger partial charge in [0, 0.05) is 7.11 Å². The van der Waals surface area contributed by atoms with Gasteiger partial charge in [-0.1, -0.05) is 0 Å². The highest BCUT2D eigenvalue weighted by atomic mass is 16.5. The van der Waals surface area contributed by atoms with E-state index < -0.39 is 0 Å². The molecular formula is C10H14O3. The van der Waals surface area contributed by atoms with Crippen LogP contribution in [-0.2, 0) is 4.74 Å². The highest BCUT2D eigenvalue weighted by Gasteiger charge is 1.98. The molecule has 1 rings (SSSR count). The Morgan fingerprint density at radius 1 is 1.31 bits per heavy atom. The maximum Gasteiger partial charge on any atom is 0.119 e. The van der Waals surface area contributed by atoms with E-state index in [1.54, 1.807) is 25.3 Å². The zero-order valence-electron chi connectivity index (χ0n) is 7.91. The van der Waals surface area contributed by atoms with E-state index >= 15 is 0 Å². The van der Waals surface area contributed by atoms with Crippen molar-refractivity contribution in [2.24, 2.45) is 0 Å². The summed E-state index contributed by atoms with van der Waals surface area (Å²) in [6.45, 7) is 2.93. The van der Waals surface area contributed by atoms with Gasteiger partial charge >= 0.3 is 0 Å². The average Bonchev–Trinajstić information content (AvgIpc) is 2.12. The van der Waals surface area contributed by atoms with Crippen LogP contribution in [0.25, 0.3) is 0 Å². The molecule has 0 amide bonds. The third-order valence-electron chi connectivity index (χ3n) is 1.72. The summed E-state index contributed by atoms with van der Waals surface area (Å²) in [4.78, 5) is 0. The number of rotatable bonds is 4. The van der Waals surface area contributed by atoms with Gasteiger partial charge in [-0.3, -0.25) is 0 Å². The van der Waals surface area contributed by atoms with Gasteiger partial charge < -0.3 is 14.6 Å². The van der Waals surface area contributed by atoms with Crippen molar-refractivity contribution in [3.05, 3.63) is 23.8 Å². The first-order valence-corrected chi connectivity index (χ1v) is 4.15. The van der Waals surface area contributed by atoms with Crippen molar-refractivity contribution in [3.63, 3.8) is 0 Å². The van der Waals surface area contributed by atoms with Crippen LogP contribution >= 0.6 is 0 Å². The molecule has 3 nitrogen and oxygen atoms in total. The summed E-state index contributed by atoms with van der Waals surface area (Å²) in [7, 11) is 1.63. The van der Waals surface area contributed by atoms with Crippen molar-refractivity contribution in [3.8, 4) is 11.5 Å². The van der Waals surface area contributed by atoms with Gasteiger partial charge in [-0.25, -0.2) is 0 Å². The van der Waals surface area contributed by atoms with Gasteiger partial charge in [-0.05, 0) is 30.7 Å². The molecule has 0 fully saturated rings. The predicted molar refractivity (Wildman–Crippen MR) is 50.2 cm³/mol. The monoisotopic (exact) mass is 182 g/mol. The Kier molecular flexibility index (Phi) is 3.58. The van der Waals surface area contributed by atoms with Crippen LogP contribution in [0.3, 0.4) is 0 Å². The molecule has 0 bridgehead atoms. The Morgan fingerprint density at radius 2 is 2.08 bits per heavy atom. The summed E-state index contributed by atoms with van der Waals surface area (Å²) in [5.74, 6) is 1.05. The van der Waals surface area contributed by atoms with Crippen LogP contribution in [-0.4, -0.2) is 25.4 Å². The van der Waals surface area contributed by atoms with E-state index in [4.69, 9.17) is 9.47 Å². The predicted octanol–water partition coefficient (Wildman–Crippen LogP) is 1.73. The Bertz CT molecular complexity index is 271. The third kappa shape index (κ3) is 2.95. The first-order chi connectivity index (χ1) is 6.24. The molecule has 3 heteroatoms. The summed E-state index contributed by atoms with van der Waals surface area (Å²) in [5, 5.41) is 9.24. The number of hydrogen-bond acceptors (Lipinski definition) is 3.